The largest absolute Gasteiger partial charge is 0.378 e. The minimum atomic E-state index is 0.432. The second kappa shape index (κ2) is 3.44. The molecule has 0 spiro atoms. The molecule has 0 saturated carbocycles. The summed E-state index contributed by atoms with van der Waals surface area (Å²) >= 11 is 0. The third-order valence-electron chi connectivity index (χ3n) is 2.41. The van der Waals surface area contributed by atoms with Crippen LogP contribution in [0.15, 0.2) is 4.99 Å². The molecule has 0 aromatic rings. The molecule has 2 aliphatic rings. The average Bonchev–Trinajstić information content (AvgIpc) is 2.63. The van der Waals surface area contributed by atoms with Crippen LogP contribution < -0.4 is 5.32 Å². The van der Waals surface area contributed by atoms with Crippen LogP contribution in [0.1, 0.15) is 26.2 Å². The van der Waals surface area contributed by atoms with Crippen LogP contribution in [0.25, 0.3) is 0 Å². The van der Waals surface area contributed by atoms with Gasteiger partial charge in [0.05, 0.1) is 18.5 Å². The van der Waals surface area contributed by atoms with Gasteiger partial charge in [-0.15, -0.1) is 0 Å². The molecule has 2 rings (SSSR count). The van der Waals surface area contributed by atoms with Gasteiger partial charge in [-0.05, 0) is 19.8 Å². The van der Waals surface area contributed by atoms with Crippen molar-refractivity contribution in [3.05, 3.63) is 0 Å². The van der Waals surface area contributed by atoms with E-state index in [1.807, 2.05) is 0 Å². The highest BCUT2D eigenvalue weighted by atomic mass is 16.5. The zero-order chi connectivity index (χ0) is 8.39. The normalized spacial score (nSPS) is 34.9. The van der Waals surface area contributed by atoms with E-state index in [2.05, 4.69) is 17.2 Å². The van der Waals surface area contributed by atoms with E-state index in [1.54, 1.807) is 0 Å². The Balaban J connectivity index is 1.79. The van der Waals surface area contributed by atoms with Crippen LogP contribution in [0.2, 0.25) is 0 Å². The summed E-state index contributed by atoms with van der Waals surface area (Å²) in [6, 6.07) is 0.529. The maximum absolute atomic E-state index is 5.53. The van der Waals surface area contributed by atoms with E-state index >= 15 is 0 Å². The Hall–Kier alpha value is -0.570. The Morgan fingerprint density at radius 1 is 1.67 bits per heavy atom. The fraction of sp³-hybridized carbons (Fsp3) is 0.889. The number of amidine groups is 1. The van der Waals surface area contributed by atoms with Crippen LogP contribution in [0.4, 0.5) is 0 Å². The summed E-state index contributed by atoms with van der Waals surface area (Å²) < 4.78 is 5.53. The van der Waals surface area contributed by atoms with E-state index in [4.69, 9.17) is 4.74 Å². The Labute approximate surface area is 73.2 Å². The molecule has 0 bridgehead atoms. The zero-order valence-electron chi connectivity index (χ0n) is 7.55. The number of aliphatic imine (C=N–C) groups is 1. The second-order valence-electron chi connectivity index (χ2n) is 3.67. The smallest absolute Gasteiger partial charge is 0.0992 e. The lowest BCUT2D eigenvalue weighted by Gasteiger charge is -2.10. The third kappa shape index (κ3) is 1.78. The number of nitrogens with one attached hydrogen (secondary N) is 1. The molecule has 0 aliphatic carbocycles. The van der Waals surface area contributed by atoms with Gasteiger partial charge in [0.25, 0.3) is 0 Å². The van der Waals surface area contributed by atoms with E-state index in [0.29, 0.717) is 12.1 Å². The standard InChI is InChI=1S/C9H16N2O/c1-7-6-10-9(11-7)5-8-3-2-4-12-8/h7-8H,2-6H2,1H3,(H,10,11). The minimum absolute atomic E-state index is 0.432. The first kappa shape index (κ1) is 8.05. The molecular formula is C9H16N2O. The first-order chi connectivity index (χ1) is 5.84. The molecule has 12 heavy (non-hydrogen) atoms. The molecule has 2 atom stereocenters. The van der Waals surface area contributed by atoms with E-state index < -0.39 is 0 Å². The number of nitrogens with zero attached hydrogens (tertiary/aromatic N) is 1. The van der Waals surface area contributed by atoms with Crippen molar-refractivity contribution in [2.75, 3.05) is 13.2 Å². The van der Waals surface area contributed by atoms with Crippen LogP contribution in [0.5, 0.6) is 0 Å². The highest BCUT2D eigenvalue weighted by molar-refractivity contribution is 5.84. The van der Waals surface area contributed by atoms with Crippen molar-refractivity contribution in [1.29, 1.82) is 0 Å². The van der Waals surface area contributed by atoms with E-state index in [0.717, 1.165) is 25.4 Å². The van der Waals surface area contributed by atoms with Crippen molar-refractivity contribution in [1.82, 2.24) is 5.32 Å². The molecular weight excluding hydrogens is 152 g/mol. The van der Waals surface area contributed by atoms with E-state index in [9.17, 15) is 0 Å². The third-order valence-corrected chi connectivity index (χ3v) is 2.41. The fourth-order valence-corrected chi connectivity index (χ4v) is 1.77. The molecule has 1 saturated heterocycles. The molecule has 3 nitrogen and oxygen atoms in total. The molecule has 0 amide bonds. The molecule has 2 unspecified atom stereocenters. The lowest BCUT2D eigenvalue weighted by molar-refractivity contribution is 0.116. The Morgan fingerprint density at radius 2 is 2.58 bits per heavy atom. The van der Waals surface area contributed by atoms with Crippen LogP contribution in [-0.2, 0) is 4.74 Å². The zero-order valence-corrected chi connectivity index (χ0v) is 7.55. The molecule has 0 aromatic carbocycles. The SMILES string of the molecule is CC1CN=C(CC2CCCO2)N1. The molecule has 0 aromatic heterocycles. The lowest BCUT2D eigenvalue weighted by Crippen LogP contribution is -2.29. The summed E-state index contributed by atoms with van der Waals surface area (Å²) in [5.74, 6) is 1.15. The number of rotatable bonds is 2. The molecule has 2 heterocycles. The van der Waals surface area contributed by atoms with Gasteiger partial charge < -0.3 is 10.1 Å². The number of ether oxygens (including phenoxy) is 1. The van der Waals surface area contributed by atoms with Gasteiger partial charge in [-0.1, -0.05) is 0 Å². The van der Waals surface area contributed by atoms with E-state index in [1.165, 1.54) is 12.8 Å². The van der Waals surface area contributed by atoms with E-state index in [-0.39, 0.29) is 0 Å². The average molecular weight is 168 g/mol. The first-order valence-electron chi connectivity index (χ1n) is 4.76. The van der Waals surface area contributed by atoms with Crippen molar-refractivity contribution >= 4 is 5.84 Å². The molecule has 2 aliphatic heterocycles. The van der Waals surface area contributed by atoms with Gasteiger partial charge in [0.1, 0.15) is 0 Å². The Bertz CT molecular complexity index is 185. The predicted molar refractivity (Wildman–Crippen MR) is 48.5 cm³/mol. The van der Waals surface area contributed by atoms with Crippen molar-refractivity contribution in [3.8, 4) is 0 Å². The summed E-state index contributed by atoms with van der Waals surface area (Å²) in [6.07, 6.45) is 3.84. The molecule has 68 valence electrons. The number of hydrogen-bond donors (Lipinski definition) is 1. The Kier molecular flexibility index (Phi) is 2.30. The van der Waals surface area contributed by atoms with Gasteiger partial charge in [-0.3, -0.25) is 4.99 Å². The van der Waals surface area contributed by atoms with Crippen molar-refractivity contribution in [3.63, 3.8) is 0 Å². The quantitative estimate of drug-likeness (QED) is 0.666. The molecule has 1 fully saturated rings. The number of hydrogen-bond acceptors (Lipinski definition) is 3. The summed E-state index contributed by atoms with van der Waals surface area (Å²) in [5, 5.41) is 3.35. The molecule has 1 N–H and O–H groups in total. The maximum Gasteiger partial charge on any atom is 0.0992 e. The van der Waals surface area contributed by atoms with Crippen LogP contribution in [0, 0.1) is 0 Å². The Morgan fingerprint density at radius 3 is 3.17 bits per heavy atom. The van der Waals surface area contributed by atoms with Crippen LogP contribution >= 0.6 is 0 Å². The molecule has 0 radical (unpaired) electrons. The summed E-state index contributed by atoms with van der Waals surface area (Å²) in [5.41, 5.74) is 0. The second-order valence-corrected chi connectivity index (χ2v) is 3.67. The van der Waals surface area contributed by atoms with Gasteiger partial charge >= 0.3 is 0 Å². The van der Waals surface area contributed by atoms with Crippen LogP contribution in [0.3, 0.4) is 0 Å². The minimum Gasteiger partial charge on any atom is -0.378 e. The van der Waals surface area contributed by atoms with Crippen molar-refractivity contribution in [2.45, 2.75) is 38.3 Å². The fourth-order valence-electron chi connectivity index (χ4n) is 1.77. The predicted octanol–water partition coefficient (Wildman–Crippen LogP) is 0.946. The highest BCUT2D eigenvalue weighted by Crippen LogP contribution is 2.16. The highest BCUT2D eigenvalue weighted by Gasteiger charge is 2.20. The van der Waals surface area contributed by atoms with Gasteiger partial charge in [0.2, 0.25) is 0 Å². The van der Waals surface area contributed by atoms with Gasteiger partial charge in [0.15, 0.2) is 0 Å². The topological polar surface area (TPSA) is 33.6 Å². The molecule has 3 heteroatoms. The monoisotopic (exact) mass is 168 g/mol. The first-order valence-corrected chi connectivity index (χ1v) is 4.76. The summed E-state index contributed by atoms with van der Waals surface area (Å²) in [7, 11) is 0. The van der Waals surface area contributed by atoms with Gasteiger partial charge in [0, 0.05) is 19.1 Å². The van der Waals surface area contributed by atoms with Crippen molar-refractivity contribution in [2.24, 2.45) is 4.99 Å². The lowest BCUT2D eigenvalue weighted by atomic mass is 10.2. The summed E-state index contributed by atoms with van der Waals surface area (Å²) in [4.78, 5) is 4.41. The van der Waals surface area contributed by atoms with Gasteiger partial charge in [-0.2, -0.15) is 0 Å². The van der Waals surface area contributed by atoms with Crippen molar-refractivity contribution < 1.29 is 4.74 Å². The summed E-state index contributed by atoms with van der Waals surface area (Å²) in [6.45, 7) is 4.03. The maximum atomic E-state index is 5.53. The van der Waals surface area contributed by atoms with Gasteiger partial charge in [-0.25, -0.2) is 0 Å². The van der Waals surface area contributed by atoms with Crippen LogP contribution in [-0.4, -0.2) is 31.1 Å².